The van der Waals surface area contributed by atoms with Crippen molar-refractivity contribution in [1.82, 2.24) is 9.78 Å². The molecule has 1 aromatic heterocycles. The molecule has 9 heteroatoms. The molecule has 0 saturated heterocycles. The van der Waals surface area contributed by atoms with Gasteiger partial charge in [0, 0.05) is 7.05 Å². The van der Waals surface area contributed by atoms with Gasteiger partial charge in [-0.2, -0.15) is 5.10 Å². The van der Waals surface area contributed by atoms with Crippen molar-refractivity contribution in [3.63, 3.8) is 0 Å². The van der Waals surface area contributed by atoms with Crippen molar-refractivity contribution in [3.8, 4) is 5.75 Å². The SMILES string of the molecule is CCS(=O)(=O)c1ccc(O)c(NC(=O)c2c(Cl)c(C)nn2C)c1. The van der Waals surface area contributed by atoms with Gasteiger partial charge in [0.25, 0.3) is 5.91 Å². The van der Waals surface area contributed by atoms with E-state index in [0.717, 1.165) is 0 Å². The number of phenols is 1. The van der Waals surface area contributed by atoms with Crippen LogP contribution in [0.25, 0.3) is 0 Å². The highest BCUT2D eigenvalue weighted by Crippen LogP contribution is 2.28. The molecular weight excluding hydrogens is 342 g/mol. The van der Waals surface area contributed by atoms with E-state index in [2.05, 4.69) is 10.4 Å². The summed E-state index contributed by atoms with van der Waals surface area (Å²) in [6.45, 7) is 3.17. The van der Waals surface area contributed by atoms with Crippen molar-refractivity contribution in [2.75, 3.05) is 11.1 Å². The summed E-state index contributed by atoms with van der Waals surface area (Å²) in [5.74, 6) is -0.930. The van der Waals surface area contributed by atoms with E-state index in [1.807, 2.05) is 0 Å². The van der Waals surface area contributed by atoms with E-state index in [9.17, 15) is 18.3 Å². The number of phenolic OH excluding ortho intramolecular Hbond substituents is 1. The van der Waals surface area contributed by atoms with Gasteiger partial charge in [0.1, 0.15) is 11.4 Å². The van der Waals surface area contributed by atoms with Gasteiger partial charge in [0.2, 0.25) is 0 Å². The smallest absolute Gasteiger partial charge is 0.275 e. The Morgan fingerprint density at radius 1 is 1.43 bits per heavy atom. The number of aromatic hydroxyl groups is 1. The molecule has 0 radical (unpaired) electrons. The highest BCUT2D eigenvalue weighted by atomic mass is 35.5. The van der Waals surface area contributed by atoms with Crippen LogP contribution in [0.1, 0.15) is 23.1 Å². The molecular formula is C14H16ClN3O4S. The minimum atomic E-state index is -3.46. The number of amides is 1. The third-order valence-electron chi connectivity index (χ3n) is 3.32. The highest BCUT2D eigenvalue weighted by molar-refractivity contribution is 7.91. The van der Waals surface area contributed by atoms with E-state index in [1.54, 1.807) is 14.0 Å². The summed E-state index contributed by atoms with van der Waals surface area (Å²) in [7, 11) is -1.89. The van der Waals surface area contributed by atoms with Crippen molar-refractivity contribution in [3.05, 3.63) is 34.6 Å². The number of benzene rings is 1. The first-order valence-corrected chi connectivity index (χ1v) is 8.76. The van der Waals surface area contributed by atoms with Crippen LogP contribution in [0.4, 0.5) is 5.69 Å². The summed E-state index contributed by atoms with van der Waals surface area (Å²) in [6.07, 6.45) is 0. The fourth-order valence-corrected chi connectivity index (χ4v) is 3.19. The summed E-state index contributed by atoms with van der Waals surface area (Å²) >= 11 is 6.04. The maximum absolute atomic E-state index is 12.3. The number of halogens is 1. The van der Waals surface area contributed by atoms with Gasteiger partial charge in [-0.15, -0.1) is 0 Å². The van der Waals surface area contributed by atoms with Crippen LogP contribution < -0.4 is 5.32 Å². The number of hydrogen-bond acceptors (Lipinski definition) is 5. The van der Waals surface area contributed by atoms with E-state index >= 15 is 0 Å². The van der Waals surface area contributed by atoms with Gasteiger partial charge in [-0.3, -0.25) is 9.48 Å². The number of nitrogens with one attached hydrogen (secondary N) is 1. The average Bonchev–Trinajstić information content (AvgIpc) is 2.74. The lowest BCUT2D eigenvalue weighted by Gasteiger charge is -2.10. The summed E-state index contributed by atoms with van der Waals surface area (Å²) < 4.78 is 25.1. The Morgan fingerprint density at radius 2 is 2.09 bits per heavy atom. The predicted molar refractivity (Wildman–Crippen MR) is 86.7 cm³/mol. The van der Waals surface area contributed by atoms with Gasteiger partial charge in [-0.1, -0.05) is 18.5 Å². The lowest BCUT2D eigenvalue weighted by Crippen LogP contribution is -2.17. The number of anilines is 1. The Morgan fingerprint density at radius 3 is 2.61 bits per heavy atom. The Kier molecular flexibility index (Phi) is 4.67. The van der Waals surface area contributed by atoms with E-state index < -0.39 is 15.7 Å². The number of sulfone groups is 1. The molecule has 1 aromatic carbocycles. The Labute approximate surface area is 138 Å². The van der Waals surface area contributed by atoms with Crippen molar-refractivity contribution in [2.45, 2.75) is 18.7 Å². The number of carbonyl (C=O) groups is 1. The summed E-state index contributed by atoms with van der Waals surface area (Å²) in [5, 5.41) is 16.5. The fraction of sp³-hybridized carbons (Fsp3) is 0.286. The first-order chi connectivity index (χ1) is 10.7. The van der Waals surface area contributed by atoms with Crippen LogP contribution in [0, 0.1) is 6.92 Å². The molecule has 0 unspecified atom stereocenters. The second-order valence-electron chi connectivity index (χ2n) is 4.91. The zero-order valence-corrected chi connectivity index (χ0v) is 14.4. The fourth-order valence-electron chi connectivity index (χ4n) is 2.04. The molecule has 2 aromatic rings. The summed E-state index contributed by atoms with van der Waals surface area (Å²) in [6, 6.07) is 3.71. The molecule has 0 atom stereocenters. The molecule has 0 aliphatic heterocycles. The Bertz CT molecular complexity index is 874. The molecule has 7 nitrogen and oxygen atoms in total. The predicted octanol–water partition coefficient (Wildman–Crippen LogP) is 2.13. The van der Waals surface area contributed by atoms with Crippen LogP contribution in [0.2, 0.25) is 5.02 Å². The first kappa shape index (κ1) is 17.3. The van der Waals surface area contributed by atoms with Crippen molar-refractivity contribution in [1.29, 1.82) is 0 Å². The molecule has 0 saturated carbocycles. The Hall–Kier alpha value is -2.06. The molecule has 0 spiro atoms. The normalized spacial score (nSPS) is 11.5. The molecule has 2 N–H and O–H groups in total. The second kappa shape index (κ2) is 6.21. The van der Waals surface area contributed by atoms with Crippen molar-refractivity contribution >= 4 is 33.0 Å². The molecule has 124 valence electrons. The topological polar surface area (TPSA) is 101 Å². The van der Waals surface area contributed by atoms with E-state index in [-0.39, 0.29) is 32.8 Å². The van der Waals surface area contributed by atoms with Crippen LogP contribution in [0.15, 0.2) is 23.1 Å². The first-order valence-electron chi connectivity index (χ1n) is 6.73. The quantitative estimate of drug-likeness (QED) is 0.816. The minimum absolute atomic E-state index is 0.0142. The van der Waals surface area contributed by atoms with Crippen LogP contribution in [-0.4, -0.2) is 35.0 Å². The van der Waals surface area contributed by atoms with Crippen LogP contribution in [-0.2, 0) is 16.9 Å². The third kappa shape index (κ3) is 3.32. The van der Waals surface area contributed by atoms with Crippen LogP contribution in [0.3, 0.4) is 0 Å². The lowest BCUT2D eigenvalue weighted by atomic mass is 10.2. The third-order valence-corrected chi connectivity index (χ3v) is 5.50. The molecule has 0 aliphatic carbocycles. The maximum atomic E-state index is 12.3. The van der Waals surface area contributed by atoms with Gasteiger partial charge < -0.3 is 10.4 Å². The number of rotatable bonds is 4. The maximum Gasteiger partial charge on any atom is 0.275 e. The highest BCUT2D eigenvalue weighted by Gasteiger charge is 2.21. The number of aromatic nitrogens is 2. The molecule has 1 amide bonds. The molecule has 0 bridgehead atoms. The van der Waals surface area contributed by atoms with Crippen molar-refractivity contribution < 1.29 is 18.3 Å². The van der Waals surface area contributed by atoms with E-state index in [4.69, 9.17) is 11.6 Å². The lowest BCUT2D eigenvalue weighted by molar-refractivity contribution is 0.101. The van der Waals surface area contributed by atoms with E-state index in [1.165, 1.54) is 29.8 Å². The standard InChI is InChI=1S/C14H16ClN3O4S/c1-4-23(21,22)9-5-6-11(19)10(7-9)16-14(20)13-12(15)8(2)17-18(13)3/h5-7,19H,4H2,1-3H3,(H,16,20). The Balaban J connectivity index is 2.40. The number of nitrogens with zero attached hydrogens (tertiary/aromatic N) is 2. The molecule has 2 rings (SSSR count). The summed E-state index contributed by atoms with van der Waals surface area (Å²) in [5.41, 5.74) is 0.595. The average molecular weight is 358 g/mol. The van der Waals surface area contributed by atoms with Gasteiger partial charge in [0.05, 0.1) is 27.1 Å². The van der Waals surface area contributed by atoms with Crippen LogP contribution in [0.5, 0.6) is 5.75 Å². The molecule has 0 fully saturated rings. The van der Waals surface area contributed by atoms with Gasteiger partial charge in [-0.05, 0) is 25.1 Å². The molecule has 1 heterocycles. The summed E-state index contributed by atoms with van der Waals surface area (Å²) in [4.78, 5) is 12.3. The van der Waals surface area contributed by atoms with E-state index in [0.29, 0.717) is 5.69 Å². The number of hydrogen-bond donors (Lipinski definition) is 2. The second-order valence-corrected chi connectivity index (χ2v) is 7.56. The zero-order chi connectivity index (χ0) is 17.4. The number of carbonyl (C=O) groups excluding carboxylic acids is 1. The van der Waals surface area contributed by atoms with Gasteiger partial charge in [0.15, 0.2) is 9.84 Å². The largest absolute Gasteiger partial charge is 0.506 e. The molecule has 0 aliphatic rings. The van der Waals surface area contributed by atoms with Gasteiger partial charge >= 0.3 is 0 Å². The monoisotopic (exact) mass is 357 g/mol. The van der Waals surface area contributed by atoms with Crippen LogP contribution >= 0.6 is 11.6 Å². The van der Waals surface area contributed by atoms with Gasteiger partial charge in [-0.25, -0.2) is 8.42 Å². The molecule has 23 heavy (non-hydrogen) atoms. The minimum Gasteiger partial charge on any atom is -0.506 e. The van der Waals surface area contributed by atoms with Crippen molar-refractivity contribution in [2.24, 2.45) is 7.05 Å². The zero-order valence-electron chi connectivity index (χ0n) is 12.8. The number of aryl methyl sites for hydroxylation is 2.